The highest BCUT2D eigenvalue weighted by molar-refractivity contribution is 6.01. The molecule has 0 unspecified atom stereocenters. The van der Waals surface area contributed by atoms with Gasteiger partial charge in [-0.3, -0.25) is 19.3 Å². The Hall–Kier alpha value is -1.19. The van der Waals surface area contributed by atoms with Gasteiger partial charge in [0, 0.05) is 31.7 Å². The van der Waals surface area contributed by atoms with Crippen LogP contribution in [0.15, 0.2) is 0 Å². The smallest absolute Gasteiger partial charge is 0.229 e. The predicted octanol–water partition coefficient (Wildman–Crippen LogP) is 2.95. The van der Waals surface area contributed by atoms with Crippen molar-refractivity contribution < 1.29 is 14.4 Å². The number of rotatable bonds is 7. The van der Waals surface area contributed by atoms with Crippen LogP contribution in [0.5, 0.6) is 0 Å². The third-order valence-electron chi connectivity index (χ3n) is 3.10. The summed E-state index contributed by atoms with van der Waals surface area (Å²) in [6.45, 7) is 8.33. The first kappa shape index (κ1) is 17.8. The van der Waals surface area contributed by atoms with Crippen molar-refractivity contribution in [3.05, 3.63) is 0 Å². The normalized spacial score (nSPS) is 14.7. The Labute approximate surface area is 116 Å². The average Bonchev–Trinajstić information content (AvgIpc) is 2.71. The number of carbonyl (C=O) groups excluding carboxylic acids is 3. The first-order valence-electron chi connectivity index (χ1n) is 7.38. The van der Waals surface area contributed by atoms with Gasteiger partial charge in [0.25, 0.3) is 0 Å². The van der Waals surface area contributed by atoms with Gasteiger partial charge >= 0.3 is 0 Å². The minimum atomic E-state index is -0.0479. The lowest BCUT2D eigenvalue weighted by Crippen LogP contribution is -2.29. The molecule has 0 aromatic heterocycles. The van der Waals surface area contributed by atoms with Gasteiger partial charge in [0.2, 0.25) is 11.8 Å². The molecule has 0 bridgehead atoms. The van der Waals surface area contributed by atoms with Crippen LogP contribution < -0.4 is 0 Å². The minimum Gasteiger partial charge on any atom is -0.299 e. The molecule has 110 valence electrons. The van der Waals surface area contributed by atoms with Crippen LogP contribution in [0.3, 0.4) is 0 Å². The zero-order chi connectivity index (χ0) is 14.8. The highest BCUT2D eigenvalue weighted by Gasteiger charge is 2.27. The average molecular weight is 269 g/mol. The monoisotopic (exact) mass is 269 g/mol. The molecule has 0 atom stereocenters. The van der Waals surface area contributed by atoms with Crippen LogP contribution in [0, 0.1) is 5.92 Å². The van der Waals surface area contributed by atoms with Crippen molar-refractivity contribution in [2.75, 3.05) is 6.54 Å². The number of imide groups is 1. The third kappa shape index (κ3) is 6.50. The molecule has 1 fully saturated rings. The molecule has 4 nitrogen and oxygen atoms in total. The topological polar surface area (TPSA) is 54.5 Å². The molecule has 2 amide bonds. The number of hydrogen-bond donors (Lipinski definition) is 0. The van der Waals surface area contributed by atoms with Crippen molar-refractivity contribution >= 4 is 17.6 Å². The molecular weight excluding hydrogens is 242 g/mol. The van der Waals surface area contributed by atoms with Crippen molar-refractivity contribution in [3.63, 3.8) is 0 Å². The van der Waals surface area contributed by atoms with Crippen molar-refractivity contribution in [1.82, 2.24) is 4.90 Å². The van der Waals surface area contributed by atoms with E-state index in [0.29, 0.717) is 31.6 Å². The Balaban J connectivity index is 0.00000154. The van der Waals surface area contributed by atoms with Crippen molar-refractivity contribution in [2.24, 2.45) is 5.92 Å². The fraction of sp³-hybridized carbons (Fsp3) is 0.800. The van der Waals surface area contributed by atoms with E-state index in [2.05, 4.69) is 0 Å². The zero-order valence-corrected chi connectivity index (χ0v) is 12.7. The number of amides is 2. The van der Waals surface area contributed by atoms with Gasteiger partial charge in [-0.25, -0.2) is 0 Å². The molecule has 0 aliphatic carbocycles. The van der Waals surface area contributed by atoms with Gasteiger partial charge in [-0.05, 0) is 12.8 Å². The molecule has 0 spiro atoms. The van der Waals surface area contributed by atoms with E-state index in [0.717, 1.165) is 19.3 Å². The summed E-state index contributed by atoms with van der Waals surface area (Å²) in [6.07, 6.45) is 3.90. The predicted molar refractivity (Wildman–Crippen MR) is 75.6 cm³/mol. The summed E-state index contributed by atoms with van der Waals surface area (Å²) >= 11 is 0. The Morgan fingerprint density at radius 1 is 1.05 bits per heavy atom. The summed E-state index contributed by atoms with van der Waals surface area (Å²) < 4.78 is 0. The molecule has 1 aliphatic heterocycles. The Bertz CT molecular complexity index is 295. The second kappa shape index (κ2) is 9.70. The molecule has 0 N–H and O–H groups in total. The lowest BCUT2D eigenvalue weighted by molar-refractivity contribution is -0.138. The number of nitrogens with zero attached hydrogens (tertiary/aromatic N) is 1. The molecule has 0 radical (unpaired) electrons. The van der Waals surface area contributed by atoms with Gasteiger partial charge in [-0.2, -0.15) is 0 Å². The maximum Gasteiger partial charge on any atom is 0.229 e. The summed E-state index contributed by atoms with van der Waals surface area (Å²) in [5, 5.41) is 0. The minimum absolute atomic E-state index is 0.0479. The fourth-order valence-corrected chi connectivity index (χ4v) is 1.91. The summed E-state index contributed by atoms with van der Waals surface area (Å²) in [4.78, 5) is 35.3. The van der Waals surface area contributed by atoms with E-state index < -0.39 is 0 Å². The van der Waals surface area contributed by atoms with Crippen molar-refractivity contribution in [3.8, 4) is 0 Å². The molecule has 0 aromatic rings. The van der Waals surface area contributed by atoms with Crippen molar-refractivity contribution in [2.45, 2.75) is 66.2 Å². The van der Waals surface area contributed by atoms with Crippen LogP contribution >= 0.6 is 0 Å². The fourth-order valence-electron chi connectivity index (χ4n) is 1.91. The second-order valence-corrected chi connectivity index (χ2v) is 4.87. The maximum atomic E-state index is 11.3. The maximum absolute atomic E-state index is 11.3. The molecular formula is C15H27NO3. The second-order valence-electron chi connectivity index (χ2n) is 4.87. The Morgan fingerprint density at radius 2 is 1.58 bits per heavy atom. The van der Waals surface area contributed by atoms with E-state index in [1.165, 1.54) is 4.90 Å². The van der Waals surface area contributed by atoms with Crippen LogP contribution in [-0.2, 0) is 14.4 Å². The highest BCUT2D eigenvalue weighted by Crippen LogP contribution is 2.13. The molecule has 1 aliphatic rings. The lowest BCUT2D eigenvalue weighted by Gasteiger charge is -2.13. The van der Waals surface area contributed by atoms with Crippen LogP contribution in [-0.4, -0.2) is 29.0 Å². The number of likely N-dealkylation sites (tertiary alicyclic amines) is 1. The molecule has 0 saturated carbocycles. The van der Waals surface area contributed by atoms with E-state index in [1.807, 2.05) is 27.7 Å². The number of unbranched alkanes of at least 4 members (excludes halogenated alkanes) is 2. The largest absolute Gasteiger partial charge is 0.299 e. The SMILES string of the molecule is CC.CC(C)C(=O)CCCCCN1C(=O)CCC1=O. The van der Waals surface area contributed by atoms with E-state index >= 15 is 0 Å². The highest BCUT2D eigenvalue weighted by atomic mass is 16.2. The summed E-state index contributed by atoms with van der Waals surface area (Å²) in [7, 11) is 0. The van der Waals surface area contributed by atoms with E-state index in [4.69, 9.17) is 0 Å². The first-order valence-corrected chi connectivity index (χ1v) is 7.38. The van der Waals surface area contributed by atoms with Gasteiger partial charge in [0.15, 0.2) is 0 Å². The van der Waals surface area contributed by atoms with E-state index in [-0.39, 0.29) is 17.7 Å². The Kier molecular flexibility index (Phi) is 9.09. The Morgan fingerprint density at radius 3 is 2.05 bits per heavy atom. The van der Waals surface area contributed by atoms with E-state index in [1.54, 1.807) is 0 Å². The lowest BCUT2D eigenvalue weighted by atomic mass is 10.0. The molecule has 1 saturated heterocycles. The summed E-state index contributed by atoms with van der Waals surface area (Å²) in [5.41, 5.74) is 0. The number of Topliss-reactive ketones (excluding diaryl/α,β-unsaturated/α-hetero) is 1. The number of carbonyl (C=O) groups is 3. The molecule has 19 heavy (non-hydrogen) atoms. The zero-order valence-electron chi connectivity index (χ0n) is 12.7. The van der Waals surface area contributed by atoms with Gasteiger partial charge in [-0.1, -0.05) is 34.1 Å². The summed E-state index contributed by atoms with van der Waals surface area (Å²) in [6, 6.07) is 0. The van der Waals surface area contributed by atoms with Crippen LogP contribution in [0.1, 0.15) is 66.2 Å². The molecule has 4 heteroatoms. The quantitative estimate of drug-likeness (QED) is 0.527. The molecule has 1 heterocycles. The standard InChI is InChI=1S/C13H21NO3.C2H6/c1-10(2)11(15)6-4-3-5-9-14-12(16)7-8-13(14)17;1-2/h10H,3-9H2,1-2H3;1-2H3. The first-order chi connectivity index (χ1) is 9.02. The summed E-state index contributed by atoms with van der Waals surface area (Å²) in [5.74, 6) is 0.302. The number of ketones is 1. The van der Waals surface area contributed by atoms with Gasteiger partial charge < -0.3 is 0 Å². The number of hydrogen-bond acceptors (Lipinski definition) is 3. The van der Waals surface area contributed by atoms with Gasteiger partial charge in [0.1, 0.15) is 5.78 Å². The van der Waals surface area contributed by atoms with Gasteiger partial charge in [-0.15, -0.1) is 0 Å². The van der Waals surface area contributed by atoms with E-state index in [9.17, 15) is 14.4 Å². The molecule has 0 aromatic carbocycles. The van der Waals surface area contributed by atoms with Crippen LogP contribution in [0.25, 0.3) is 0 Å². The third-order valence-corrected chi connectivity index (χ3v) is 3.10. The molecule has 1 rings (SSSR count). The van der Waals surface area contributed by atoms with Crippen molar-refractivity contribution in [1.29, 1.82) is 0 Å². The van der Waals surface area contributed by atoms with Crippen LogP contribution in [0.2, 0.25) is 0 Å². The van der Waals surface area contributed by atoms with Crippen LogP contribution in [0.4, 0.5) is 0 Å². The van der Waals surface area contributed by atoms with Gasteiger partial charge in [0.05, 0.1) is 0 Å².